The van der Waals surface area contributed by atoms with Gasteiger partial charge in [0.15, 0.2) is 0 Å². The summed E-state index contributed by atoms with van der Waals surface area (Å²) in [7, 11) is 0. The highest BCUT2D eigenvalue weighted by atomic mass is 16.2. The molecule has 1 aliphatic heterocycles. The van der Waals surface area contributed by atoms with Crippen molar-refractivity contribution in [2.24, 2.45) is 22.7 Å². The van der Waals surface area contributed by atoms with Crippen molar-refractivity contribution in [1.29, 1.82) is 0 Å². The Morgan fingerprint density at radius 2 is 1.68 bits per heavy atom. The average molecular weight is 309 g/mol. The first kappa shape index (κ1) is 17.8. The highest BCUT2D eigenvalue weighted by Crippen LogP contribution is 2.34. The van der Waals surface area contributed by atoms with Crippen LogP contribution in [-0.4, -0.2) is 36.5 Å². The zero-order chi connectivity index (χ0) is 16.5. The molecule has 0 aromatic carbocycles. The Morgan fingerprint density at radius 1 is 1.05 bits per heavy atom. The Balaban J connectivity index is 1.96. The molecule has 2 rings (SSSR count). The molecule has 0 radical (unpaired) electrons. The number of amides is 1. The van der Waals surface area contributed by atoms with Gasteiger partial charge in [0.2, 0.25) is 5.91 Å². The maximum Gasteiger partial charge on any atom is 0.225 e. The Morgan fingerprint density at radius 3 is 2.18 bits per heavy atom. The van der Waals surface area contributed by atoms with Gasteiger partial charge in [0.25, 0.3) is 0 Å². The third-order valence-electron chi connectivity index (χ3n) is 4.74. The van der Waals surface area contributed by atoms with E-state index in [1.54, 1.807) is 0 Å². The highest BCUT2D eigenvalue weighted by molar-refractivity contribution is 5.81. The molecule has 1 saturated heterocycles. The maximum absolute atomic E-state index is 12.3. The molecule has 2 atom stereocenters. The van der Waals surface area contributed by atoms with Crippen molar-refractivity contribution in [3.05, 3.63) is 0 Å². The Labute approximate surface area is 137 Å². The number of nitrogens with zero attached hydrogens (tertiary/aromatic N) is 1. The molecule has 2 aliphatic rings. The summed E-state index contributed by atoms with van der Waals surface area (Å²) in [5, 5.41) is 3.32. The van der Waals surface area contributed by atoms with Crippen molar-refractivity contribution in [1.82, 2.24) is 10.2 Å². The topological polar surface area (TPSA) is 32.3 Å². The van der Waals surface area contributed by atoms with Gasteiger partial charge >= 0.3 is 0 Å². The molecule has 2 unspecified atom stereocenters. The minimum Gasteiger partial charge on any atom is -0.352 e. The van der Waals surface area contributed by atoms with Crippen LogP contribution in [0.4, 0.5) is 0 Å². The van der Waals surface area contributed by atoms with Crippen LogP contribution in [0.15, 0.2) is 0 Å². The number of likely N-dealkylation sites (tertiary alicyclic amines) is 1. The molecule has 1 saturated carbocycles. The van der Waals surface area contributed by atoms with Gasteiger partial charge in [0.1, 0.15) is 0 Å². The van der Waals surface area contributed by atoms with Gasteiger partial charge in [-0.2, -0.15) is 0 Å². The quantitative estimate of drug-likeness (QED) is 0.859. The Kier molecular flexibility index (Phi) is 5.26. The van der Waals surface area contributed by atoms with Crippen LogP contribution in [0.2, 0.25) is 0 Å². The van der Waals surface area contributed by atoms with E-state index in [1.165, 1.54) is 32.4 Å². The zero-order valence-corrected chi connectivity index (χ0v) is 15.5. The summed E-state index contributed by atoms with van der Waals surface area (Å²) in [6, 6.07) is 0.326. The zero-order valence-electron chi connectivity index (χ0n) is 15.5. The van der Waals surface area contributed by atoms with Gasteiger partial charge in [0, 0.05) is 31.1 Å². The molecule has 1 aliphatic carbocycles. The number of hydrogen-bond donors (Lipinski definition) is 1. The molecule has 1 N–H and O–H groups in total. The van der Waals surface area contributed by atoms with Crippen LogP contribution in [-0.2, 0) is 4.79 Å². The lowest BCUT2D eigenvalue weighted by Gasteiger charge is -2.41. The van der Waals surface area contributed by atoms with E-state index >= 15 is 0 Å². The molecule has 0 aromatic heterocycles. The summed E-state index contributed by atoms with van der Waals surface area (Å²) < 4.78 is 0. The summed E-state index contributed by atoms with van der Waals surface area (Å²) in [6.45, 7) is 16.5. The average Bonchev–Trinajstić information content (AvgIpc) is 3.08. The normalized spacial score (nSPS) is 27.7. The summed E-state index contributed by atoms with van der Waals surface area (Å²) >= 11 is 0. The molecule has 0 spiro atoms. The molecule has 2 fully saturated rings. The molecule has 1 amide bonds. The molecule has 3 nitrogen and oxygen atoms in total. The van der Waals surface area contributed by atoms with E-state index in [0.717, 1.165) is 18.9 Å². The number of nitrogens with one attached hydrogen (secondary N) is 1. The summed E-state index contributed by atoms with van der Waals surface area (Å²) in [4.78, 5) is 15.0. The van der Waals surface area contributed by atoms with Gasteiger partial charge in [-0.1, -0.05) is 41.5 Å². The Bertz CT molecular complexity index is 387. The highest BCUT2D eigenvalue weighted by Gasteiger charge is 2.34. The van der Waals surface area contributed by atoms with Crippen molar-refractivity contribution >= 4 is 5.91 Å². The van der Waals surface area contributed by atoms with Crippen molar-refractivity contribution in [3.8, 4) is 0 Å². The summed E-state index contributed by atoms with van der Waals surface area (Å²) in [6.07, 6.45) is 5.19. The first-order valence-electron chi connectivity index (χ1n) is 9.06. The minimum absolute atomic E-state index is 0.195. The van der Waals surface area contributed by atoms with Gasteiger partial charge in [-0.05, 0) is 42.9 Å². The molecular weight excluding hydrogens is 272 g/mol. The lowest BCUT2D eigenvalue weighted by atomic mass is 9.79. The Hall–Kier alpha value is -0.570. The SMILES string of the molecule is CC(C)(C)CC1CC(NC(=O)C(C)(C)C)CN(CC2CC2)C1. The monoisotopic (exact) mass is 308 g/mol. The second kappa shape index (κ2) is 6.51. The first-order valence-corrected chi connectivity index (χ1v) is 9.06. The van der Waals surface area contributed by atoms with Gasteiger partial charge in [-0.15, -0.1) is 0 Å². The fourth-order valence-electron chi connectivity index (χ4n) is 3.64. The molecule has 22 heavy (non-hydrogen) atoms. The van der Waals surface area contributed by atoms with E-state index in [0.29, 0.717) is 17.4 Å². The van der Waals surface area contributed by atoms with E-state index in [2.05, 4.69) is 31.0 Å². The number of carbonyl (C=O) groups excluding carboxylic acids is 1. The van der Waals surface area contributed by atoms with Crippen molar-refractivity contribution in [2.75, 3.05) is 19.6 Å². The number of carbonyl (C=O) groups is 1. The fourth-order valence-corrected chi connectivity index (χ4v) is 3.64. The lowest BCUT2D eigenvalue weighted by Crippen LogP contribution is -2.53. The lowest BCUT2D eigenvalue weighted by molar-refractivity contribution is -0.129. The number of rotatable bonds is 4. The van der Waals surface area contributed by atoms with Crippen LogP contribution in [0, 0.1) is 22.7 Å². The van der Waals surface area contributed by atoms with E-state index < -0.39 is 0 Å². The van der Waals surface area contributed by atoms with Gasteiger partial charge in [-0.3, -0.25) is 4.79 Å². The van der Waals surface area contributed by atoms with Crippen LogP contribution in [0.1, 0.15) is 67.2 Å². The van der Waals surface area contributed by atoms with Gasteiger partial charge < -0.3 is 10.2 Å². The van der Waals surface area contributed by atoms with Crippen molar-refractivity contribution in [3.63, 3.8) is 0 Å². The molecule has 0 aromatic rings. The molecular formula is C19H36N2O. The third-order valence-corrected chi connectivity index (χ3v) is 4.74. The van der Waals surface area contributed by atoms with Crippen LogP contribution in [0.25, 0.3) is 0 Å². The smallest absolute Gasteiger partial charge is 0.225 e. The standard InChI is InChI=1S/C19H36N2O/c1-18(2,3)10-15-9-16(20-17(22)19(4,5)6)13-21(12-15)11-14-7-8-14/h14-16H,7-13H2,1-6H3,(H,20,22). The number of hydrogen-bond acceptors (Lipinski definition) is 2. The van der Waals surface area contributed by atoms with E-state index in [9.17, 15) is 4.79 Å². The molecule has 1 heterocycles. The minimum atomic E-state index is -0.293. The predicted molar refractivity (Wildman–Crippen MR) is 92.7 cm³/mol. The summed E-state index contributed by atoms with van der Waals surface area (Å²) in [5.74, 6) is 1.82. The van der Waals surface area contributed by atoms with Gasteiger partial charge in [-0.25, -0.2) is 0 Å². The molecule has 3 heteroatoms. The van der Waals surface area contributed by atoms with Crippen LogP contribution in [0.3, 0.4) is 0 Å². The van der Waals surface area contributed by atoms with Gasteiger partial charge in [0.05, 0.1) is 0 Å². The second-order valence-corrected chi connectivity index (χ2v) is 9.95. The summed E-state index contributed by atoms with van der Waals surface area (Å²) in [5.41, 5.74) is 0.0735. The maximum atomic E-state index is 12.3. The second-order valence-electron chi connectivity index (χ2n) is 9.95. The van der Waals surface area contributed by atoms with Crippen molar-refractivity contribution in [2.45, 2.75) is 73.3 Å². The van der Waals surface area contributed by atoms with Crippen LogP contribution < -0.4 is 5.32 Å². The fraction of sp³-hybridized carbons (Fsp3) is 0.947. The van der Waals surface area contributed by atoms with E-state index in [4.69, 9.17) is 0 Å². The van der Waals surface area contributed by atoms with Crippen molar-refractivity contribution < 1.29 is 4.79 Å². The van der Waals surface area contributed by atoms with E-state index in [1.807, 2.05) is 20.8 Å². The predicted octanol–water partition coefficient (Wildman–Crippen LogP) is 3.69. The number of piperidine rings is 1. The van der Waals surface area contributed by atoms with Crippen LogP contribution >= 0.6 is 0 Å². The molecule has 128 valence electrons. The van der Waals surface area contributed by atoms with Crippen LogP contribution in [0.5, 0.6) is 0 Å². The first-order chi connectivity index (χ1) is 10.0. The molecule has 0 bridgehead atoms. The van der Waals surface area contributed by atoms with E-state index in [-0.39, 0.29) is 11.3 Å². The third kappa shape index (κ3) is 5.91. The largest absolute Gasteiger partial charge is 0.352 e.